The van der Waals surface area contributed by atoms with E-state index in [1.54, 1.807) is 37.5 Å². The predicted molar refractivity (Wildman–Crippen MR) is 64.2 cm³/mol. The standard InChI is InChI=1S/C12H11N3O3/c1-13-12-14-5-4-11(15-12)18-8-2-3-9-10(6-8)17-7-16-9/h2-6H,7H2,1H3,(H,13,14,15). The van der Waals surface area contributed by atoms with Crippen molar-refractivity contribution < 1.29 is 14.2 Å². The van der Waals surface area contributed by atoms with Gasteiger partial charge < -0.3 is 19.5 Å². The fourth-order valence-corrected chi connectivity index (χ4v) is 1.58. The zero-order chi connectivity index (χ0) is 12.4. The minimum absolute atomic E-state index is 0.246. The third-order valence-corrected chi connectivity index (χ3v) is 2.42. The van der Waals surface area contributed by atoms with Crippen LogP contribution in [0.5, 0.6) is 23.1 Å². The van der Waals surface area contributed by atoms with Crippen molar-refractivity contribution in [2.45, 2.75) is 0 Å². The maximum absolute atomic E-state index is 5.62. The Morgan fingerprint density at radius 2 is 2.11 bits per heavy atom. The van der Waals surface area contributed by atoms with Crippen molar-refractivity contribution in [1.29, 1.82) is 0 Å². The highest BCUT2D eigenvalue weighted by Crippen LogP contribution is 2.36. The van der Waals surface area contributed by atoms with E-state index in [0.29, 0.717) is 23.3 Å². The highest BCUT2D eigenvalue weighted by molar-refractivity contribution is 5.47. The van der Waals surface area contributed by atoms with Crippen LogP contribution in [0, 0.1) is 0 Å². The Bertz CT molecular complexity index is 574. The fourth-order valence-electron chi connectivity index (χ4n) is 1.58. The zero-order valence-corrected chi connectivity index (χ0v) is 9.71. The lowest BCUT2D eigenvalue weighted by molar-refractivity contribution is 0.174. The van der Waals surface area contributed by atoms with Crippen molar-refractivity contribution in [3.05, 3.63) is 30.5 Å². The molecule has 0 bridgehead atoms. The van der Waals surface area contributed by atoms with Gasteiger partial charge in [-0.1, -0.05) is 0 Å². The number of aromatic nitrogens is 2. The SMILES string of the molecule is CNc1nccc(Oc2ccc3c(c2)OCO3)n1. The predicted octanol–water partition coefficient (Wildman–Crippen LogP) is 2.04. The van der Waals surface area contributed by atoms with Crippen molar-refractivity contribution in [1.82, 2.24) is 9.97 Å². The lowest BCUT2D eigenvalue weighted by Gasteiger charge is -2.06. The number of ether oxygens (including phenoxy) is 3. The Morgan fingerprint density at radius 3 is 3.00 bits per heavy atom. The Morgan fingerprint density at radius 1 is 1.22 bits per heavy atom. The van der Waals surface area contributed by atoms with Gasteiger partial charge in [0.05, 0.1) is 0 Å². The molecule has 92 valence electrons. The van der Waals surface area contributed by atoms with Crippen molar-refractivity contribution in [2.24, 2.45) is 0 Å². The number of rotatable bonds is 3. The van der Waals surface area contributed by atoms with Gasteiger partial charge in [0, 0.05) is 25.4 Å². The summed E-state index contributed by atoms with van der Waals surface area (Å²) in [6.45, 7) is 0.246. The molecule has 0 aliphatic carbocycles. The average molecular weight is 245 g/mol. The summed E-state index contributed by atoms with van der Waals surface area (Å²) < 4.78 is 16.1. The average Bonchev–Trinajstić information content (AvgIpc) is 2.86. The molecule has 0 saturated carbocycles. The van der Waals surface area contributed by atoms with Gasteiger partial charge in [-0.3, -0.25) is 0 Å². The monoisotopic (exact) mass is 245 g/mol. The molecule has 3 rings (SSSR count). The molecule has 1 aliphatic rings. The number of hydrogen-bond donors (Lipinski definition) is 1. The number of anilines is 1. The Balaban J connectivity index is 1.83. The van der Waals surface area contributed by atoms with Crippen molar-refractivity contribution in [2.75, 3.05) is 19.2 Å². The number of nitrogens with zero attached hydrogens (tertiary/aromatic N) is 2. The molecule has 2 aromatic rings. The zero-order valence-electron chi connectivity index (χ0n) is 9.71. The molecule has 0 atom stereocenters. The van der Waals surface area contributed by atoms with Crippen molar-refractivity contribution in [3.8, 4) is 23.1 Å². The van der Waals surface area contributed by atoms with Crippen LogP contribution in [0.15, 0.2) is 30.5 Å². The molecule has 0 fully saturated rings. The molecule has 1 N–H and O–H groups in total. The number of nitrogens with one attached hydrogen (secondary N) is 1. The molecule has 6 nitrogen and oxygen atoms in total. The smallest absolute Gasteiger partial charge is 0.231 e. The van der Waals surface area contributed by atoms with Crippen LogP contribution in [0.4, 0.5) is 5.95 Å². The molecule has 1 aromatic heterocycles. The molecule has 0 amide bonds. The lowest BCUT2D eigenvalue weighted by atomic mass is 10.3. The molecule has 2 heterocycles. The first kappa shape index (κ1) is 10.6. The van der Waals surface area contributed by atoms with E-state index in [1.165, 1.54) is 0 Å². The lowest BCUT2D eigenvalue weighted by Crippen LogP contribution is -1.97. The first-order valence-corrected chi connectivity index (χ1v) is 5.43. The van der Waals surface area contributed by atoms with Gasteiger partial charge in [0.1, 0.15) is 5.75 Å². The second kappa shape index (κ2) is 4.40. The molecule has 1 aromatic carbocycles. The molecule has 1 aliphatic heterocycles. The van der Waals surface area contributed by atoms with E-state index < -0.39 is 0 Å². The van der Waals surface area contributed by atoms with E-state index in [4.69, 9.17) is 14.2 Å². The van der Waals surface area contributed by atoms with Gasteiger partial charge in [-0.2, -0.15) is 4.98 Å². The van der Waals surface area contributed by atoms with Crippen LogP contribution in [-0.4, -0.2) is 23.8 Å². The summed E-state index contributed by atoms with van der Waals surface area (Å²) in [7, 11) is 1.75. The Kier molecular flexibility index (Phi) is 2.60. The maximum atomic E-state index is 5.62. The summed E-state index contributed by atoms with van der Waals surface area (Å²) in [5.41, 5.74) is 0. The van der Waals surface area contributed by atoms with Gasteiger partial charge in [0.25, 0.3) is 0 Å². The summed E-state index contributed by atoms with van der Waals surface area (Å²) in [6, 6.07) is 7.06. The van der Waals surface area contributed by atoms with E-state index in [9.17, 15) is 0 Å². The Hall–Kier alpha value is -2.50. The van der Waals surface area contributed by atoms with Gasteiger partial charge in [-0.05, 0) is 12.1 Å². The number of benzene rings is 1. The summed E-state index contributed by atoms with van der Waals surface area (Å²) in [6.07, 6.45) is 1.63. The third kappa shape index (κ3) is 2.00. The summed E-state index contributed by atoms with van der Waals surface area (Å²) in [5.74, 6) is 3.01. The molecule has 0 unspecified atom stereocenters. The minimum atomic E-state index is 0.246. The first-order chi connectivity index (χ1) is 8.85. The maximum Gasteiger partial charge on any atom is 0.231 e. The highest BCUT2D eigenvalue weighted by Gasteiger charge is 2.14. The van der Waals surface area contributed by atoms with Crippen LogP contribution in [-0.2, 0) is 0 Å². The molecular weight excluding hydrogens is 234 g/mol. The molecule has 18 heavy (non-hydrogen) atoms. The van der Waals surface area contributed by atoms with E-state index in [2.05, 4.69) is 15.3 Å². The van der Waals surface area contributed by atoms with Gasteiger partial charge >= 0.3 is 0 Å². The second-order valence-electron chi connectivity index (χ2n) is 3.59. The van der Waals surface area contributed by atoms with Gasteiger partial charge in [0.2, 0.25) is 18.6 Å². The van der Waals surface area contributed by atoms with Crippen LogP contribution in [0.1, 0.15) is 0 Å². The van der Waals surface area contributed by atoms with Crippen LogP contribution in [0.2, 0.25) is 0 Å². The summed E-state index contributed by atoms with van der Waals surface area (Å²) in [4.78, 5) is 8.17. The van der Waals surface area contributed by atoms with Gasteiger partial charge in [-0.15, -0.1) is 0 Å². The largest absolute Gasteiger partial charge is 0.454 e. The van der Waals surface area contributed by atoms with E-state index in [1.807, 2.05) is 0 Å². The van der Waals surface area contributed by atoms with E-state index in [0.717, 1.165) is 5.75 Å². The third-order valence-electron chi connectivity index (χ3n) is 2.42. The highest BCUT2D eigenvalue weighted by atomic mass is 16.7. The van der Waals surface area contributed by atoms with Crippen LogP contribution < -0.4 is 19.5 Å². The van der Waals surface area contributed by atoms with Gasteiger partial charge in [-0.25, -0.2) is 4.98 Å². The van der Waals surface area contributed by atoms with Crippen molar-refractivity contribution >= 4 is 5.95 Å². The van der Waals surface area contributed by atoms with Crippen LogP contribution in [0.3, 0.4) is 0 Å². The van der Waals surface area contributed by atoms with Crippen molar-refractivity contribution in [3.63, 3.8) is 0 Å². The quantitative estimate of drug-likeness (QED) is 0.892. The fraction of sp³-hybridized carbons (Fsp3) is 0.167. The number of hydrogen-bond acceptors (Lipinski definition) is 6. The Labute approximate surface area is 104 Å². The van der Waals surface area contributed by atoms with E-state index in [-0.39, 0.29) is 6.79 Å². The topological polar surface area (TPSA) is 65.5 Å². The molecule has 0 spiro atoms. The van der Waals surface area contributed by atoms with E-state index >= 15 is 0 Å². The summed E-state index contributed by atoms with van der Waals surface area (Å²) in [5, 5.41) is 2.85. The molecular formula is C12H11N3O3. The first-order valence-electron chi connectivity index (χ1n) is 5.43. The van der Waals surface area contributed by atoms with Gasteiger partial charge in [0.15, 0.2) is 11.5 Å². The molecule has 0 radical (unpaired) electrons. The van der Waals surface area contributed by atoms with Crippen LogP contribution in [0.25, 0.3) is 0 Å². The summed E-state index contributed by atoms with van der Waals surface area (Å²) >= 11 is 0. The number of fused-ring (bicyclic) bond motifs is 1. The second-order valence-corrected chi connectivity index (χ2v) is 3.59. The molecule has 0 saturated heterocycles. The molecule has 6 heteroatoms. The van der Waals surface area contributed by atoms with Crippen LogP contribution >= 0.6 is 0 Å². The minimum Gasteiger partial charge on any atom is -0.454 e. The normalized spacial score (nSPS) is 12.3.